The van der Waals surface area contributed by atoms with Crippen molar-refractivity contribution in [2.75, 3.05) is 0 Å². The van der Waals surface area contributed by atoms with Crippen LogP contribution in [0.15, 0.2) is 79.1 Å². The Bertz CT molecular complexity index is 853. The number of rotatable bonds is 4. The highest BCUT2D eigenvalue weighted by molar-refractivity contribution is 5.95. The number of carbonyl (C=O) groups excluding carboxylic acids is 1. The van der Waals surface area contributed by atoms with Crippen molar-refractivity contribution < 1.29 is 14.6 Å². The highest BCUT2D eigenvalue weighted by atomic mass is 16.5. The van der Waals surface area contributed by atoms with E-state index in [2.05, 4.69) is 11.6 Å². The minimum absolute atomic E-state index is 0.0362. The first-order valence-corrected chi connectivity index (χ1v) is 7.13. The number of aliphatic hydroxyl groups excluding tert-OH is 1. The summed E-state index contributed by atoms with van der Waals surface area (Å²) in [6.45, 7) is 3.65. The topological polar surface area (TPSA) is 59.4 Å². The molecule has 23 heavy (non-hydrogen) atoms. The molecule has 2 aromatic carbocycles. The van der Waals surface area contributed by atoms with Crippen molar-refractivity contribution in [3.8, 4) is 5.75 Å². The van der Waals surface area contributed by atoms with Crippen LogP contribution in [0.2, 0.25) is 0 Å². The van der Waals surface area contributed by atoms with Crippen molar-refractivity contribution in [3.63, 3.8) is 0 Å². The zero-order valence-corrected chi connectivity index (χ0v) is 12.3. The molecule has 1 N–H and O–H groups in total. The van der Waals surface area contributed by atoms with Crippen molar-refractivity contribution in [1.29, 1.82) is 0 Å². The minimum atomic E-state index is -1.15. The molecule has 114 valence electrons. The van der Waals surface area contributed by atoms with Gasteiger partial charge < -0.3 is 9.84 Å². The molecule has 0 radical (unpaired) electrons. The third-order valence-corrected chi connectivity index (χ3v) is 3.54. The Morgan fingerprint density at radius 2 is 1.87 bits per heavy atom. The van der Waals surface area contributed by atoms with Crippen molar-refractivity contribution in [2.24, 2.45) is 0 Å². The summed E-state index contributed by atoms with van der Waals surface area (Å²) in [5.41, 5.74) is 0.457. The second-order valence-electron chi connectivity index (χ2n) is 5.08. The number of carbonyl (C=O) groups is 1. The molecule has 4 nitrogen and oxygen atoms in total. The van der Waals surface area contributed by atoms with Crippen molar-refractivity contribution >= 4 is 16.7 Å². The summed E-state index contributed by atoms with van der Waals surface area (Å²) in [5, 5.41) is 12.0. The van der Waals surface area contributed by atoms with Crippen LogP contribution >= 0.6 is 0 Å². The predicted molar refractivity (Wildman–Crippen MR) is 87.9 cm³/mol. The molecule has 3 aromatic rings. The number of hydrogen-bond donors (Lipinski definition) is 1. The molecule has 1 aromatic heterocycles. The SMILES string of the molecule is C=C(C(=O)Oc1cccc2ccccc12)C(O)c1cccnc1. The summed E-state index contributed by atoms with van der Waals surface area (Å²) in [6.07, 6.45) is 1.93. The van der Waals surface area contributed by atoms with Crippen molar-refractivity contribution in [2.45, 2.75) is 6.10 Å². The normalized spacial score (nSPS) is 11.9. The number of aromatic nitrogens is 1. The molecule has 4 heteroatoms. The van der Waals surface area contributed by atoms with Gasteiger partial charge in [0.1, 0.15) is 11.9 Å². The second-order valence-corrected chi connectivity index (χ2v) is 5.08. The van der Waals surface area contributed by atoms with Gasteiger partial charge in [-0.3, -0.25) is 4.98 Å². The van der Waals surface area contributed by atoms with Crippen LogP contribution in [0.25, 0.3) is 10.8 Å². The van der Waals surface area contributed by atoms with Gasteiger partial charge in [-0.05, 0) is 17.5 Å². The summed E-state index contributed by atoms with van der Waals surface area (Å²) in [4.78, 5) is 16.2. The van der Waals surface area contributed by atoms with Gasteiger partial charge in [-0.25, -0.2) is 4.79 Å². The Labute approximate surface area is 133 Å². The maximum absolute atomic E-state index is 12.3. The molecule has 0 amide bonds. The van der Waals surface area contributed by atoms with Gasteiger partial charge in [-0.1, -0.05) is 49.0 Å². The van der Waals surface area contributed by atoms with E-state index in [1.807, 2.05) is 36.4 Å². The van der Waals surface area contributed by atoms with Crippen LogP contribution in [0.3, 0.4) is 0 Å². The molecular weight excluding hydrogens is 290 g/mol. The van der Waals surface area contributed by atoms with E-state index in [0.717, 1.165) is 10.8 Å². The number of fused-ring (bicyclic) bond motifs is 1. The van der Waals surface area contributed by atoms with E-state index in [4.69, 9.17) is 4.74 Å². The molecule has 1 atom stereocenters. The molecule has 1 heterocycles. The van der Waals surface area contributed by atoms with E-state index in [1.54, 1.807) is 24.4 Å². The lowest BCUT2D eigenvalue weighted by molar-refractivity contribution is -0.131. The average Bonchev–Trinajstić information content (AvgIpc) is 2.61. The first-order chi connectivity index (χ1) is 11.2. The van der Waals surface area contributed by atoms with Crippen LogP contribution in [0, 0.1) is 0 Å². The van der Waals surface area contributed by atoms with E-state index in [0.29, 0.717) is 11.3 Å². The van der Waals surface area contributed by atoms with Gasteiger partial charge in [0.25, 0.3) is 0 Å². The molecule has 0 spiro atoms. The lowest BCUT2D eigenvalue weighted by atomic mass is 10.1. The van der Waals surface area contributed by atoms with Gasteiger partial charge in [-0.2, -0.15) is 0 Å². The molecule has 0 aliphatic rings. The van der Waals surface area contributed by atoms with Crippen LogP contribution in [-0.4, -0.2) is 16.1 Å². The molecule has 3 rings (SSSR count). The highest BCUT2D eigenvalue weighted by Gasteiger charge is 2.21. The van der Waals surface area contributed by atoms with E-state index in [-0.39, 0.29) is 5.57 Å². The van der Waals surface area contributed by atoms with Crippen LogP contribution < -0.4 is 4.74 Å². The fourth-order valence-corrected chi connectivity index (χ4v) is 2.30. The Kier molecular flexibility index (Phi) is 4.17. The van der Waals surface area contributed by atoms with Crippen LogP contribution in [0.5, 0.6) is 5.75 Å². The van der Waals surface area contributed by atoms with Gasteiger partial charge in [-0.15, -0.1) is 0 Å². The number of nitrogens with zero attached hydrogens (tertiary/aromatic N) is 1. The van der Waals surface area contributed by atoms with Gasteiger partial charge in [0, 0.05) is 23.3 Å². The summed E-state index contributed by atoms with van der Waals surface area (Å²) < 4.78 is 5.41. The lowest BCUT2D eigenvalue weighted by Crippen LogP contribution is -2.16. The molecule has 0 saturated heterocycles. The number of aliphatic hydroxyl groups is 1. The van der Waals surface area contributed by atoms with Crippen molar-refractivity contribution in [3.05, 3.63) is 84.7 Å². The zero-order valence-electron chi connectivity index (χ0n) is 12.3. The summed E-state index contributed by atoms with van der Waals surface area (Å²) in [5.74, 6) is -0.231. The van der Waals surface area contributed by atoms with Crippen molar-refractivity contribution in [1.82, 2.24) is 4.98 Å². The molecule has 0 aliphatic heterocycles. The Balaban J connectivity index is 1.82. The number of benzene rings is 2. The third kappa shape index (κ3) is 3.12. The minimum Gasteiger partial charge on any atom is -0.422 e. The van der Waals surface area contributed by atoms with E-state index in [1.165, 1.54) is 6.20 Å². The largest absolute Gasteiger partial charge is 0.422 e. The molecule has 0 saturated carbocycles. The fraction of sp³-hybridized carbons (Fsp3) is 0.0526. The first kappa shape index (κ1) is 14.9. The Hall–Kier alpha value is -2.98. The van der Waals surface area contributed by atoms with Gasteiger partial charge in [0.15, 0.2) is 0 Å². The summed E-state index contributed by atoms with van der Waals surface area (Å²) in [6, 6.07) is 16.4. The van der Waals surface area contributed by atoms with E-state index in [9.17, 15) is 9.90 Å². The predicted octanol–water partition coefficient (Wildman–Crippen LogP) is 3.43. The summed E-state index contributed by atoms with van der Waals surface area (Å²) >= 11 is 0. The number of ether oxygens (including phenoxy) is 1. The molecule has 0 fully saturated rings. The van der Waals surface area contributed by atoms with Crippen LogP contribution in [-0.2, 0) is 4.79 Å². The lowest BCUT2D eigenvalue weighted by Gasteiger charge is -2.14. The number of esters is 1. The van der Waals surface area contributed by atoms with Gasteiger partial charge in [0.05, 0.1) is 5.57 Å². The van der Waals surface area contributed by atoms with Gasteiger partial charge in [0.2, 0.25) is 0 Å². The maximum Gasteiger partial charge on any atom is 0.341 e. The quantitative estimate of drug-likeness (QED) is 0.456. The zero-order chi connectivity index (χ0) is 16.2. The monoisotopic (exact) mass is 305 g/mol. The first-order valence-electron chi connectivity index (χ1n) is 7.13. The van der Waals surface area contributed by atoms with Gasteiger partial charge >= 0.3 is 5.97 Å². The smallest absolute Gasteiger partial charge is 0.341 e. The fourth-order valence-electron chi connectivity index (χ4n) is 2.30. The molecule has 0 aliphatic carbocycles. The van der Waals surface area contributed by atoms with Crippen LogP contribution in [0.1, 0.15) is 11.7 Å². The van der Waals surface area contributed by atoms with Crippen LogP contribution in [0.4, 0.5) is 0 Å². The Morgan fingerprint density at radius 3 is 2.65 bits per heavy atom. The third-order valence-electron chi connectivity index (χ3n) is 3.54. The number of hydrogen-bond acceptors (Lipinski definition) is 4. The molecular formula is C19H15NO3. The number of pyridine rings is 1. The Morgan fingerprint density at radius 1 is 1.09 bits per heavy atom. The summed E-state index contributed by atoms with van der Waals surface area (Å²) in [7, 11) is 0. The average molecular weight is 305 g/mol. The highest BCUT2D eigenvalue weighted by Crippen LogP contribution is 2.27. The van der Waals surface area contributed by atoms with E-state index >= 15 is 0 Å². The molecule has 0 bridgehead atoms. The molecule has 1 unspecified atom stereocenters. The second kappa shape index (κ2) is 6.42. The standard InChI is InChI=1S/C19H15NO3/c1-13(18(21)15-8-5-11-20-12-15)19(22)23-17-10-4-7-14-6-2-3-9-16(14)17/h2-12,18,21H,1H2. The van der Waals surface area contributed by atoms with E-state index < -0.39 is 12.1 Å². The maximum atomic E-state index is 12.3.